The summed E-state index contributed by atoms with van der Waals surface area (Å²) in [5.74, 6) is -0.128. The van der Waals surface area contributed by atoms with Crippen LogP contribution in [-0.2, 0) is 17.8 Å². The van der Waals surface area contributed by atoms with Gasteiger partial charge in [0.05, 0.1) is 5.60 Å². The van der Waals surface area contributed by atoms with Crippen molar-refractivity contribution in [2.45, 2.75) is 77.2 Å². The molecule has 9 heteroatoms. The fraction of sp³-hybridized carbons (Fsp3) is 0.500. The van der Waals surface area contributed by atoms with Gasteiger partial charge in [0.25, 0.3) is 5.91 Å². The molecule has 0 aliphatic carbocycles. The molecule has 210 valence electrons. The van der Waals surface area contributed by atoms with Crippen LogP contribution in [0.25, 0.3) is 0 Å². The van der Waals surface area contributed by atoms with Crippen LogP contribution in [0, 0.1) is 0 Å². The van der Waals surface area contributed by atoms with Crippen molar-refractivity contribution in [1.82, 2.24) is 15.1 Å². The van der Waals surface area contributed by atoms with Crippen LogP contribution in [0.4, 0.5) is 15.3 Å². The normalized spacial score (nSPS) is 16.4. The summed E-state index contributed by atoms with van der Waals surface area (Å²) in [7, 11) is 0. The number of aliphatic hydroxyl groups is 1. The van der Waals surface area contributed by atoms with Gasteiger partial charge in [0.2, 0.25) is 0 Å². The van der Waals surface area contributed by atoms with E-state index in [1.807, 2.05) is 17.0 Å². The number of hydrogen-bond acceptors (Lipinski definition) is 5. The summed E-state index contributed by atoms with van der Waals surface area (Å²) in [6, 6.07) is 14.9. The van der Waals surface area contributed by atoms with Gasteiger partial charge in [-0.25, -0.2) is 9.59 Å². The molecule has 0 aromatic heterocycles. The quantitative estimate of drug-likeness (QED) is 0.436. The Morgan fingerprint density at radius 3 is 2.26 bits per heavy atom. The number of hydrogen-bond donors (Lipinski definition) is 3. The first kappa shape index (κ1) is 28.4. The van der Waals surface area contributed by atoms with Gasteiger partial charge in [-0.2, -0.15) is 0 Å². The Balaban J connectivity index is 1.16. The molecule has 0 bridgehead atoms. The molecule has 0 spiro atoms. The molecule has 0 atom stereocenters. The van der Waals surface area contributed by atoms with Crippen molar-refractivity contribution >= 4 is 23.7 Å². The van der Waals surface area contributed by atoms with E-state index >= 15 is 0 Å². The van der Waals surface area contributed by atoms with Gasteiger partial charge in [-0.1, -0.05) is 30.3 Å². The lowest BCUT2D eigenvalue weighted by molar-refractivity contribution is -0.0244. The zero-order valence-electron chi connectivity index (χ0n) is 23.2. The number of unbranched alkanes of at least 4 members (excludes halogenated alkanes) is 1. The zero-order chi connectivity index (χ0) is 28.0. The smallest absolute Gasteiger partial charge is 0.412 e. The number of amides is 4. The summed E-state index contributed by atoms with van der Waals surface area (Å²) >= 11 is 0. The van der Waals surface area contributed by atoms with E-state index in [1.165, 1.54) is 11.1 Å². The molecule has 2 aromatic rings. The second kappa shape index (κ2) is 12.1. The maximum Gasteiger partial charge on any atom is 0.412 e. The largest absolute Gasteiger partial charge is 0.444 e. The second-order valence-corrected chi connectivity index (χ2v) is 11.5. The van der Waals surface area contributed by atoms with Gasteiger partial charge in [-0.3, -0.25) is 10.1 Å². The lowest BCUT2D eigenvalue weighted by atomic mass is 9.86. The molecule has 4 rings (SSSR count). The van der Waals surface area contributed by atoms with Crippen molar-refractivity contribution in [3.8, 4) is 0 Å². The SMILES string of the molecule is CC(C)(C)OC(=O)Nc1cccc(C(=O)N2CCC(O)(CCCCNC(=O)N3Cc4ccccc4C3)CC2)c1. The first-order chi connectivity index (χ1) is 18.5. The highest BCUT2D eigenvalue weighted by molar-refractivity contribution is 5.96. The van der Waals surface area contributed by atoms with Crippen LogP contribution in [0.2, 0.25) is 0 Å². The summed E-state index contributed by atoms with van der Waals surface area (Å²) in [5, 5.41) is 16.7. The van der Waals surface area contributed by atoms with Gasteiger partial charge >= 0.3 is 12.1 Å². The Labute approximate surface area is 230 Å². The third-order valence-corrected chi connectivity index (χ3v) is 7.21. The fourth-order valence-electron chi connectivity index (χ4n) is 5.07. The van der Waals surface area contributed by atoms with E-state index in [4.69, 9.17) is 4.74 Å². The van der Waals surface area contributed by atoms with Crippen LogP contribution < -0.4 is 10.6 Å². The molecule has 1 fully saturated rings. The van der Waals surface area contributed by atoms with Crippen molar-refractivity contribution in [3.63, 3.8) is 0 Å². The third kappa shape index (κ3) is 7.95. The minimum absolute atomic E-state index is 0.0536. The van der Waals surface area contributed by atoms with E-state index in [0.29, 0.717) is 63.2 Å². The molecule has 3 N–H and O–H groups in total. The van der Waals surface area contributed by atoms with Crippen LogP contribution in [0.15, 0.2) is 48.5 Å². The van der Waals surface area contributed by atoms with Gasteiger partial charge in [0.1, 0.15) is 5.60 Å². The number of ether oxygens (including phenoxy) is 1. The van der Waals surface area contributed by atoms with Gasteiger partial charge in [0, 0.05) is 44.0 Å². The average Bonchev–Trinajstić information content (AvgIpc) is 3.32. The van der Waals surface area contributed by atoms with Crippen LogP contribution >= 0.6 is 0 Å². The number of piperidine rings is 1. The van der Waals surface area contributed by atoms with Crippen molar-refractivity contribution in [3.05, 3.63) is 65.2 Å². The van der Waals surface area contributed by atoms with E-state index in [2.05, 4.69) is 22.8 Å². The van der Waals surface area contributed by atoms with Crippen LogP contribution in [0.5, 0.6) is 0 Å². The summed E-state index contributed by atoms with van der Waals surface area (Å²) in [5.41, 5.74) is 1.94. The monoisotopic (exact) mass is 536 g/mol. The van der Waals surface area contributed by atoms with Crippen molar-refractivity contribution in [2.75, 3.05) is 25.0 Å². The van der Waals surface area contributed by atoms with E-state index in [9.17, 15) is 19.5 Å². The number of carbonyl (C=O) groups is 3. The highest BCUT2D eigenvalue weighted by Crippen LogP contribution is 2.29. The van der Waals surface area contributed by atoms with E-state index in [-0.39, 0.29) is 11.9 Å². The average molecular weight is 537 g/mol. The molecule has 2 aliphatic heterocycles. The lowest BCUT2D eigenvalue weighted by Gasteiger charge is -2.38. The third-order valence-electron chi connectivity index (χ3n) is 7.21. The summed E-state index contributed by atoms with van der Waals surface area (Å²) in [6.45, 7) is 8.14. The maximum absolute atomic E-state index is 13.1. The molecule has 1 saturated heterocycles. The number of benzene rings is 2. The number of carbonyl (C=O) groups excluding carboxylic acids is 3. The molecule has 2 aromatic carbocycles. The first-order valence-corrected chi connectivity index (χ1v) is 13.7. The summed E-state index contributed by atoms with van der Waals surface area (Å²) in [6.07, 6.45) is 2.66. The number of likely N-dealkylation sites (tertiary alicyclic amines) is 1. The Bertz CT molecular complexity index is 1160. The molecule has 4 amide bonds. The molecule has 39 heavy (non-hydrogen) atoms. The van der Waals surface area contributed by atoms with Gasteiger partial charge < -0.3 is 25.0 Å². The van der Waals surface area contributed by atoms with Crippen LogP contribution in [-0.4, -0.2) is 63.8 Å². The Morgan fingerprint density at radius 1 is 0.949 bits per heavy atom. The molecular formula is C30H40N4O5. The topological polar surface area (TPSA) is 111 Å². The number of fused-ring (bicyclic) bond motifs is 1. The highest BCUT2D eigenvalue weighted by Gasteiger charge is 2.33. The van der Waals surface area contributed by atoms with Crippen molar-refractivity contribution in [1.29, 1.82) is 0 Å². The van der Waals surface area contributed by atoms with Gasteiger partial charge in [0.15, 0.2) is 0 Å². The maximum atomic E-state index is 13.1. The molecule has 2 heterocycles. The molecule has 0 saturated carbocycles. The van der Waals surface area contributed by atoms with E-state index in [1.54, 1.807) is 49.9 Å². The van der Waals surface area contributed by atoms with Gasteiger partial charge in [-0.05, 0) is 82.2 Å². The van der Waals surface area contributed by atoms with Crippen LogP contribution in [0.1, 0.15) is 74.4 Å². The number of nitrogens with zero attached hydrogens (tertiary/aromatic N) is 2. The molecule has 9 nitrogen and oxygen atoms in total. The Hall–Kier alpha value is -3.59. The first-order valence-electron chi connectivity index (χ1n) is 13.7. The molecular weight excluding hydrogens is 496 g/mol. The number of nitrogens with one attached hydrogen (secondary N) is 2. The predicted molar refractivity (Wildman–Crippen MR) is 149 cm³/mol. The number of urea groups is 1. The molecule has 0 radical (unpaired) electrons. The number of rotatable bonds is 7. The zero-order valence-corrected chi connectivity index (χ0v) is 23.2. The van der Waals surface area contributed by atoms with E-state index < -0.39 is 17.3 Å². The standard InChI is InChI=1S/C30H40N4O5/c1-29(2,3)39-28(37)32-25-12-8-11-22(19-25)26(35)33-17-14-30(38,15-18-33)13-6-7-16-31-27(36)34-20-23-9-4-5-10-24(23)21-34/h4-5,8-12,19,38H,6-7,13-18,20-21H2,1-3H3,(H,31,36)(H,32,37). The Morgan fingerprint density at radius 2 is 1.62 bits per heavy atom. The van der Waals surface area contributed by atoms with Crippen LogP contribution in [0.3, 0.4) is 0 Å². The molecule has 2 aliphatic rings. The minimum atomic E-state index is -0.808. The van der Waals surface area contributed by atoms with Crippen molar-refractivity contribution < 1.29 is 24.2 Å². The summed E-state index contributed by atoms with van der Waals surface area (Å²) in [4.78, 5) is 41.2. The van der Waals surface area contributed by atoms with Crippen molar-refractivity contribution in [2.24, 2.45) is 0 Å². The summed E-state index contributed by atoms with van der Waals surface area (Å²) < 4.78 is 5.28. The minimum Gasteiger partial charge on any atom is -0.444 e. The lowest BCUT2D eigenvalue weighted by Crippen LogP contribution is -2.46. The highest BCUT2D eigenvalue weighted by atomic mass is 16.6. The van der Waals surface area contributed by atoms with E-state index in [0.717, 1.165) is 12.8 Å². The van der Waals surface area contributed by atoms with Gasteiger partial charge in [-0.15, -0.1) is 0 Å². The number of anilines is 1. The Kier molecular flexibility index (Phi) is 8.80. The second-order valence-electron chi connectivity index (χ2n) is 11.5. The fourth-order valence-corrected chi connectivity index (χ4v) is 5.07. The predicted octanol–water partition coefficient (Wildman–Crippen LogP) is 4.90. The molecule has 0 unspecified atom stereocenters.